The van der Waals surface area contributed by atoms with Crippen LogP contribution in [0.3, 0.4) is 0 Å². The van der Waals surface area contributed by atoms with E-state index < -0.39 is 12.6 Å². The number of carbonyl (C=O) groups excluding carboxylic acids is 1. The zero-order valence-electron chi connectivity index (χ0n) is 13.5. The van der Waals surface area contributed by atoms with Crippen molar-refractivity contribution in [3.63, 3.8) is 0 Å². The highest BCUT2D eigenvalue weighted by Crippen LogP contribution is 2.15. The molecular formula is C18H18FNO4. The molecule has 0 spiro atoms. The number of hydrogen-bond acceptors (Lipinski definition) is 3. The zero-order chi connectivity index (χ0) is 17.7. The van der Waals surface area contributed by atoms with Crippen LogP contribution in [0.5, 0.6) is 5.75 Å². The van der Waals surface area contributed by atoms with Crippen molar-refractivity contribution in [1.29, 1.82) is 0 Å². The molecule has 0 saturated heterocycles. The Morgan fingerprint density at radius 2 is 1.83 bits per heavy atom. The van der Waals surface area contributed by atoms with E-state index in [1.165, 1.54) is 23.1 Å². The van der Waals surface area contributed by atoms with Crippen LogP contribution in [-0.2, 0) is 11.3 Å². The number of halogens is 1. The topological polar surface area (TPSA) is 66.8 Å². The molecule has 2 aromatic carbocycles. The molecule has 0 heterocycles. The third-order valence-corrected chi connectivity index (χ3v) is 3.46. The van der Waals surface area contributed by atoms with Crippen LogP contribution in [0.25, 0.3) is 0 Å². The summed E-state index contributed by atoms with van der Waals surface area (Å²) in [7, 11) is 1.66. The fourth-order valence-corrected chi connectivity index (χ4v) is 2.18. The first-order valence-electron chi connectivity index (χ1n) is 7.32. The summed E-state index contributed by atoms with van der Waals surface area (Å²) in [5.74, 6) is -1.14. The molecule has 6 heteroatoms. The number of carboxylic acid groups (broad SMARTS) is 1. The van der Waals surface area contributed by atoms with E-state index in [0.29, 0.717) is 23.4 Å². The molecule has 5 nitrogen and oxygen atoms in total. The molecular weight excluding hydrogens is 313 g/mol. The standard InChI is InChI=1S/C18H18FNO4/c1-12-9-14(5-8-16(12)19)18(23)20(2)10-13-3-6-15(7-4-13)24-11-17(21)22/h3-9H,10-11H2,1-2H3,(H,21,22). The Bertz CT molecular complexity index is 743. The van der Waals surface area contributed by atoms with E-state index in [2.05, 4.69) is 0 Å². The Morgan fingerprint density at radius 3 is 2.42 bits per heavy atom. The van der Waals surface area contributed by atoms with Gasteiger partial charge in [-0.1, -0.05) is 12.1 Å². The van der Waals surface area contributed by atoms with Gasteiger partial charge in [0.15, 0.2) is 6.61 Å². The molecule has 0 atom stereocenters. The summed E-state index contributed by atoms with van der Waals surface area (Å²) in [6.45, 7) is 1.58. The lowest BCUT2D eigenvalue weighted by Gasteiger charge is -2.18. The molecule has 0 bridgehead atoms. The zero-order valence-corrected chi connectivity index (χ0v) is 13.5. The Kier molecular flexibility index (Phi) is 5.52. The normalized spacial score (nSPS) is 10.3. The van der Waals surface area contributed by atoms with Gasteiger partial charge >= 0.3 is 5.97 Å². The highest BCUT2D eigenvalue weighted by Gasteiger charge is 2.13. The number of hydrogen-bond donors (Lipinski definition) is 1. The minimum Gasteiger partial charge on any atom is -0.482 e. The SMILES string of the molecule is Cc1cc(C(=O)N(C)Cc2ccc(OCC(=O)O)cc2)ccc1F. The number of aliphatic carboxylic acids is 1. The molecule has 0 aliphatic rings. The highest BCUT2D eigenvalue weighted by atomic mass is 19.1. The summed E-state index contributed by atoms with van der Waals surface area (Å²) >= 11 is 0. The van der Waals surface area contributed by atoms with E-state index in [9.17, 15) is 14.0 Å². The van der Waals surface area contributed by atoms with Crippen molar-refractivity contribution in [2.45, 2.75) is 13.5 Å². The quantitative estimate of drug-likeness (QED) is 0.884. The van der Waals surface area contributed by atoms with E-state index in [1.54, 1.807) is 38.2 Å². The number of rotatable bonds is 6. The maximum absolute atomic E-state index is 13.3. The first kappa shape index (κ1) is 17.5. The number of ether oxygens (including phenoxy) is 1. The average molecular weight is 331 g/mol. The second-order valence-electron chi connectivity index (χ2n) is 5.45. The minimum atomic E-state index is -1.04. The molecule has 0 unspecified atom stereocenters. The Balaban J connectivity index is 2.00. The summed E-state index contributed by atoms with van der Waals surface area (Å²) in [5.41, 5.74) is 1.72. The summed E-state index contributed by atoms with van der Waals surface area (Å²) in [4.78, 5) is 24.3. The van der Waals surface area contributed by atoms with Gasteiger partial charge in [0.05, 0.1) is 0 Å². The number of carboxylic acids is 1. The monoisotopic (exact) mass is 331 g/mol. The van der Waals surface area contributed by atoms with E-state index in [1.807, 2.05) is 0 Å². The van der Waals surface area contributed by atoms with Crippen LogP contribution in [0, 0.1) is 12.7 Å². The van der Waals surface area contributed by atoms with Crippen molar-refractivity contribution in [2.75, 3.05) is 13.7 Å². The number of nitrogens with zero attached hydrogens (tertiary/aromatic N) is 1. The van der Waals surface area contributed by atoms with Crippen molar-refractivity contribution in [3.8, 4) is 5.75 Å². The molecule has 0 fully saturated rings. The van der Waals surface area contributed by atoms with Crippen LogP contribution in [0.1, 0.15) is 21.5 Å². The number of benzene rings is 2. The maximum Gasteiger partial charge on any atom is 0.341 e. The molecule has 2 aromatic rings. The van der Waals surface area contributed by atoms with Gasteiger partial charge in [-0.25, -0.2) is 9.18 Å². The van der Waals surface area contributed by atoms with E-state index in [4.69, 9.17) is 9.84 Å². The summed E-state index contributed by atoms with van der Waals surface area (Å²) < 4.78 is 18.3. The van der Waals surface area contributed by atoms with Crippen LogP contribution in [0.2, 0.25) is 0 Å². The van der Waals surface area contributed by atoms with Gasteiger partial charge in [0.2, 0.25) is 0 Å². The number of aryl methyl sites for hydroxylation is 1. The molecule has 0 aromatic heterocycles. The van der Waals surface area contributed by atoms with Crippen LogP contribution in [0.15, 0.2) is 42.5 Å². The molecule has 0 saturated carbocycles. The molecule has 2 rings (SSSR count). The number of carbonyl (C=O) groups is 2. The van der Waals surface area contributed by atoms with Crippen molar-refractivity contribution >= 4 is 11.9 Å². The largest absolute Gasteiger partial charge is 0.482 e. The molecule has 0 aliphatic carbocycles. The molecule has 1 N–H and O–H groups in total. The lowest BCUT2D eigenvalue weighted by atomic mass is 10.1. The van der Waals surface area contributed by atoms with E-state index in [0.717, 1.165) is 5.56 Å². The molecule has 0 radical (unpaired) electrons. The van der Waals surface area contributed by atoms with Gasteiger partial charge in [0.25, 0.3) is 5.91 Å². The van der Waals surface area contributed by atoms with Crippen LogP contribution >= 0.6 is 0 Å². The fraction of sp³-hybridized carbons (Fsp3) is 0.222. The van der Waals surface area contributed by atoms with Crippen LogP contribution in [-0.4, -0.2) is 35.5 Å². The first-order valence-corrected chi connectivity index (χ1v) is 7.32. The summed E-state index contributed by atoms with van der Waals surface area (Å²) in [5, 5.41) is 8.56. The van der Waals surface area contributed by atoms with Crippen LogP contribution in [0.4, 0.5) is 4.39 Å². The fourth-order valence-electron chi connectivity index (χ4n) is 2.18. The average Bonchev–Trinajstić information content (AvgIpc) is 2.56. The third-order valence-electron chi connectivity index (χ3n) is 3.46. The Morgan fingerprint density at radius 1 is 1.17 bits per heavy atom. The number of amides is 1. The van der Waals surface area contributed by atoms with Crippen LogP contribution < -0.4 is 4.74 Å². The highest BCUT2D eigenvalue weighted by molar-refractivity contribution is 5.94. The molecule has 0 aliphatic heterocycles. The molecule has 1 amide bonds. The summed E-state index contributed by atoms with van der Waals surface area (Å²) in [6.07, 6.45) is 0. The van der Waals surface area contributed by atoms with Crippen molar-refractivity contribution in [1.82, 2.24) is 4.90 Å². The second-order valence-corrected chi connectivity index (χ2v) is 5.45. The van der Waals surface area contributed by atoms with Gasteiger partial charge in [0, 0.05) is 19.2 Å². The predicted molar refractivity (Wildman–Crippen MR) is 86.5 cm³/mol. The Hall–Kier alpha value is -2.89. The van der Waals surface area contributed by atoms with Gasteiger partial charge < -0.3 is 14.7 Å². The summed E-state index contributed by atoms with van der Waals surface area (Å²) in [6, 6.07) is 11.1. The maximum atomic E-state index is 13.3. The van der Waals surface area contributed by atoms with Crippen molar-refractivity contribution in [3.05, 3.63) is 65.0 Å². The predicted octanol–water partition coefficient (Wildman–Crippen LogP) is 2.87. The lowest BCUT2D eigenvalue weighted by molar-refractivity contribution is -0.139. The second kappa shape index (κ2) is 7.59. The van der Waals surface area contributed by atoms with E-state index >= 15 is 0 Å². The van der Waals surface area contributed by atoms with Gasteiger partial charge in [-0.2, -0.15) is 0 Å². The molecule has 126 valence electrons. The van der Waals surface area contributed by atoms with Gasteiger partial charge in [-0.3, -0.25) is 4.79 Å². The van der Waals surface area contributed by atoms with Gasteiger partial charge in [-0.15, -0.1) is 0 Å². The van der Waals surface area contributed by atoms with Crippen molar-refractivity contribution in [2.24, 2.45) is 0 Å². The smallest absolute Gasteiger partial charge is 0.341 e. The van der Waals surface area contributed by atoms with Gasteiger partial charge in [0.1, 0.15) is 11.6 Å². The lowest BCUT2D eigenvalue weighted by Crippen LogP contribution is -2.26. The van der Waals surface area contributed by atoms with Crippen molar-refractivity contribution < 1.29 is 23.8 Å². The minimum absolute atomic E-state index is 0.204. The first-order chi connectivity index (χ1) is 11.4. The van der Waals surface area contributed by atoms with E-state index in [-0.39, 0.29) is 11.7 Å². The Labute approximate surface area is 139 Å². The third kappa shape index (κ3) is 4.55. The van der Waals surface area contributed by atoms with Gasteiger partial charge in [-0.05, 0) is 48.4 Å². The molecule has 24 heavy (non-hydrogen) atoms.